The Morgan fingerprint density at radius 1 is 1.04 bits per heavy atom. The third-order valence-corrected chi connectivity index (χ3v) is 5.38. The SMILES string of the molecule is CC[C@@H]1CCCCN1C(=O)COC(=O)c1ccc(-n2c(C)ccc2C)cc1. The fourth-order valence-corrected chi connectivity index (χ4v) is 3.87. The van der Waals surface area contributed by atoms with Crippen LogP contribution in [0, 0.1) is 13.8 Å². The van der Waals surface area contributed by atoms with Crippen LogP contribution in [0.4, 0.5) is 0 Å². The predicted octanol–water partition coefficient (Wildman–Crippen LogP) is 4.04. The number of carbonyl (C=O) groups excluding carboxylic acids is 2. The Balaban J connectivity index is 1.60. The van der Waals surface area contributed by atoms with E-state index in [2.05, 4.69) is 23.6 Å². The molecule has 5 nitrogen and oxygen atoms in total. The van der Waals surface area contributed by atoms with Crippen molar-refractivity contribution in [2.45, 2.75) is 52.5 Å². The highest BCUT2D eigenvalue weighted by Gasteiger charge is 2.26. The van der Waals surface area contributed by atoms with Crippen LogP contribution < -0.4 is 0 Å². The van der Waals surface area contributed by atoms with E-state index in [9.17, 15) is 9.59 Å². The van der Waals surface area contributed by atoms with E-state index in [4.69, 9.17) is 4.74 Å². The van der Waals surface area contributed by atoms with E-state index in [1.807, 2.05) is 30.9 Å². The van der Waals surface area contributed by atoms with E-state index in [-0.39, 0.29) is 18.6 Å². The van der Waals surface area contributed by atoms with Gasteiger partial charge in [0.1, 0.15) is 0 Å². The summed E-state index contributed by atoms with van der Waals surface area (Å²) in [4.78, 5) is 26.6. The Kier molecular flexibility index (Phi) is 5.99. The van der Waals surface area contributed by atoms with Crippen molar-refractivity contribution < 1.29 is 14.3 Å². The van der Waals surface area contributed by atoms with Gasteiger partial charge in [-0.1, -0.05) is 6.92 Å². The van der Waals surface area contributed by atoms with Gasteiger partial charge in [0.2, 0.25) is 0 Å². The van der Waals surface area contributed by atoms with E-state index in [0.29, 0.717) is 5.56 Å². The molecule has 1 saturated heterocycles. The van der Waals surface area contributed by atoms with Crippen molar-refractivity contribution >= 4 is 11.9 Å². The van der Waals surface area contributed by atoms with Crippen LogP contribution in [0.15, 0.2) is 36.4 Å². The maximum absolute atomic E-state index is 12.4. The number of aromatic nitrogens is 1. The summed E-state index contributed by atoms with van der Waals surface area (Å²) in [7, 11) is 0. The second-order valence-electron chi connectivity index (χ2n) is 7.22. The minimum Gasteiger partial charge on any atom is -0.452 e. The van der Waals surface area contributed by atoms with E-state index in [1.165, 1.54) is 0 Å². The summed E-state index contributed by atoms with van der Waals surface area (Å²) in [6.45, 7) is 6.76. The molecule has 0 bridgehead atoms. The summed E-state index contributed by atoms with van der Waals surface area (Å²) in [6, 6.07) is 11.7. The molecule has 0 radical (unpaired) electrons. The Hall–Kier alpha value is -2.56. The van der Waals surface area contributed by atoms with Gasteiger partial charge in [-0.05, 0) is 75.9 Å². The van der Waals surface area contributed by atoms with Gasteiger partial charge in [-0.25, -0.2) is 4.79 Å². The van der Waals surface area contributed by atoms with Crippen LogP contribution in [0.3, 0.4) is 0 Å². The molecular weight excluding hydrogens is 340 g/mol. The highest BCUT2D eigenvalue weighted by Crippen LogP contribution is 2.20. The van der Waals surface area contributed by atoms with Crippen LogP contribution >= 0.6 is 0 Å². The molecule has 2 aromatic rings. The zero-order chi connectivity index (χ0) is 19.4. The largest absolute Gasteiger partial charge is 0.452 e. The third kappa shape index (κ3) is 4.24. The molecule has 1 aliphatic heterocycles. The van der Waals surface area contributed by atoms with Gasteiger partial charge < -0.3 is 14.2 Å². The fraction of sp³-hybridized carbons (Fsp3) is 0.455. The zero-order valence-electron chi connectivity index (χ0n) is 16.4. The molecule has 144 valence electrons. The van der Waals surface area contributed by atoms with Gasteiger partial charge in [-0.15, -0.1) is 0 Å². The molecule has 0 spiro atoms. The van der Waals surface area contributed by atoms with Crippen LogP contribution in [0.1, 0.15) is 54.4 Å². The summed E-state index contributed by atoms with van der Waals surface area (Å²) < 4.78 is 7.40. The van der Waals surface area contributed by atoms with Crippen molar-refractivity contribution in [1.29, 1.82) is 0 Å². The fourth-order valence-electron chi connectivity index (χ4n) is 3.87. The number of aryl methyl sites for hydroxylation is 2. The zero-order valence-corrected chi connectivity index (χ0v) is 16.4. The smallest absolute Gasteiger partial charge is 0.338 e. The van der Waals surface area contributed by atoms with Crippen molar-refractivity contribution in [3.63, 3.8) is 0 Å². The van der Waals surface area contributed by atoms with E-state index < -0.39 is 5.97 Å². The highest BCUT2D eigenvalue weighted by atomic mass is 16.5. The lowest BCUT2D eigenvalue weighted by atomic mass is 10.00. The third-order valence-electron chi connectivity index (χ3n) is 5.38. The number of piperidine rings is 1. The number of likely N-dealkylation sites (tertiary alicyclic amines) is 1. The highest BCUT2D eigenvalue weighted by molar-refractivity contribution is 5.91. The molecule has 1 fully saturated rings. The Morgan fingerprint density at radius 3 is 2.33 bits per heavy atom. The standard InChI is InChI=1S/C22H28N2O3/c1-4-19-7-5-6-14-23(19)21(25)15-27-22(26)18-10-12-20(13-11-18)24-16(2)8-9-17(24)3/h8-13,19H,4-7,14-15H2,1-3H3/t19-/m1/s1. The molecular formula is C22H28N2O3. The minimum atomic E-state index is -0.457. The lowest BCUT2D eigenvalue weighted by Gasteiger charge is -2.35. The summed E-state index contributed by atoms with van der Waals surface area (Å²) in [5.41, 5.74) is 3.74. The number of hydrogen-bond donors (Lipinski definition) is 0. The second kappa shape index (κ2) is 8.42. The maximum atomic E-state index is 12.4. The quantitative estimate of drug-likeness (QED) is 0.749. The molecule has 1 aliphatic rings. The van der Waals surface area contributed by atoms with Crippen molar-refractivity contribution in [3.05, 3.63) is 53.3 Å². The second-order valence-corrected chi connectivity index (χ2v) is 7.22. The molecule has 27 heavy (non-hydrogen) atoms. The Morgan fingerprint density at radius 2 is 1.70 bits per heavy atom. The normalized spacial score (nSPS) is 17.0. The summed E-state index contributed by atoms with van der Waals surface area (Å²) in [6.07, 6.45) is 4.17. The summed E-state index contributed by atoms with van der Waals surface area (Å²) in [5.74, 6) is -0.550. The van der Waals surface area contributed by atoms with E-state index in [0.717, 1.165) is 49.3 Å². The lowest BCUT2D eigenvalue weighted by Crippen LogP contribution is -2.45. The molecule has 1 aromatic carbocycles. The summed E-state index contributed by atoms with van der Waals surface area (Å²) >= 11 is 0. The number of nitrogens with zero attached hydrogens (tertiary/aromatic N) is 2. The van der Waals surface area contributed by atoms with Gasteiger partial charge in [0.25, 0.3) is 5.91 Å². The number of ether oxygens (including phenoxy) is 1. The van der Waals surface area contributed by atoms with Crippen molar-refractivity contribution in [2.75, 3.05) is 13.2 Å². The molecule has 0 saturated carbocycles. The number of esters is 1. The Labute approximate surface area is 160 Å². The lowest BCUT2D eigenvalue weighted by molar-refractivity contribution is -0.138. The van der Waals surface area contributed by atoms with Crippen LogP contribution in [0.2, 0.25) is 0 Å². The Bertz CT molecular complexity index is 788. The molecule has 0 aliphatic carbocycles. The molecule has 1 atom stereocenters. The van der Waals surface area contributed by atoms with E-state index in [1.54, 1.807) is 12.1 Å². The monoisotopic (exact) mass is 368 g/mol. The average Bonchev–Trinajstić information content (AvgIpc) is 3.04. The van der Waals surface area contributed by atoms with Gasteiger partial charge in [0.15, 0.2) is 6.61 Å². The molecule has 3 rings (SSSR count). The first-order valence-corrected chi connectivity index (χ1v) is 9.73. The minimum absolute atomic E-state index is 0.0925. The predicted molar refractivity (Wildman–Crippen MR) is 105 cm³/mol. The van der Waals surface area contributed by atoms with Crippen molar-refractivity contribution in [3.8, 4) is 5.69 Å². The van der Waals surface area contributed by atoms with E-state index >= 15 is 0 Å². The topological polar surface area (TPSA) is 51.5 Å². The van der Waals surface area contributed by atoms with Crippen LogP contribution in [-0.4, -0.2) is 40.5 Å². The van der Waals surface area contributed by atoms with Gasteiger partial charge in [-0.3, -0.25) is 4.79 Å². The van der Waals surface area contributed by atoms with Gasteiger partial charge >= 0.3 is 5.97 Å². The number of hydrogen-bond acceptors (Lipinski definition) is 3. The first-order valence-electron chi connectivity index (χ1n) is 9.73. The number of benzene rings is 1. The number of amides is 1. The molecule has 1 aromatic heterocycles. The van der Waals surface area contributed by atoms with Gasteiger partial charge in [0, 0.05) is 29.7 Å². The molecule has 0 N–H and O–H groups in total. The van der Waals surface area contributed by atoms with Crippen LogP contribution in [0.5, 0.6) is 0 Å². The summed E-state index contributed by atoms with van der Waals surface area (Å²) in [5, 5.41) is 0. The van der Waals surface area contributed by atoms with Gasteiger partial charge in [-0.2, -0.15) is 0 Å². The van der Waals surface area contributed by atoms with Crippen molar-refractivity contribution in [2.24, 2.45) is 0 Å². The maximum Gasteiger partial charge on any atom is 0.338 e. The molecule has 0 unspecified atom stereocenters. The first-order chi connectivity index (χ1) is 13.0. The number of rotatable bonds is 5. The number of carbonyl (C=O) groups is 2. The molecule has 5 heteroatoms. The van der Waals surface area contributed by atoms with Crippen LogP contribution in [-0.2, 0) is 9.53 Å². The molecule has 1 amide bonds. The van der Waals surface area contributed by atoms with Crippen molar-refractivity contribution in [1.82, 2.24) is 9.47 Å². The first kappa shape index (κ1) is 19.2. The van der Waals surface area contributed by atoms with Gasteiger partial charge in [0.05, 0.1) is 5.56 Å². The molecule has 2 heterocycles. The van der Waals surface area contributed by atoms with Crippen LogP contribution in [0.25, 0.3) is 5.69 Å². The average molecular weight is 368 g/mol.